The summed E-state index contributed by atoms with van der Waals surface area (Å²) in [4.78, 5) is 14.9. The average Bonchev–Trinajstić information content (AvgIpc) is 2.67. The summed E-state index contributed by atoms with van der Waals surface area (Å²) in [6.07, 6.45) is 1.05. The fraction of sp³-hybridized carbons (Fsp3) is 0.458. The zero-order chi connectivity index (χ0) is 20.0. The Balaban J connectivity index is 2.02. The van der Waals surface area contributed by atoms with E-state index in [9.17, 15) is 4.79 Å². The van der Waals surface area contributed by atoms with Crippen LogP contribution in [0.4, 0.5) is 5.69 Å². The number of hydrogen-bond donors (Lipinski definition) is 1. The second-order valence-electron chi connectivity index (χ2n) is 7.87. The minimum Gasteiger partial charge on any atom is -0.324 e. The fourth-order valence-electron chi connectivity index (χ4n) is 3.13. The van der Waals surface area contributed by atoms with Crippen molar-refractivity contribution in [3.8, 4) is 0 Å². The van der Waals surface area contributed by atoms with E-state index in [1.807, 2.05) is 32.2 Å². The first-order valence-corrected chi connectivity index (χ1v) is 10.0. The second-order valence-corrected chi connectivity index (χ2v) is 7.87. The van der Waals surface area contributed by atoms with Crippen molar-refractivity contribution in [3.63, 3.8) is 0 Å². The predicted octanol–water partition coefficient (Wildman–Crippen LogP) is 5.78. The van der Waals surface area contributed by atoms with Gasteiger partial charge in [-0.2, -0.15) is 0 Å². The number of nitrogens with one attached hydrogen (secondary N) is 1. The van der Waals surface area contributed by atoms with Gasteiger partial charge in [-0.3, -0.25) is 9.69 Å². The Bertz CT molecular complexity index is 736. The van der Waals surface area contributed by atoms with Crippen molar-refractivity contribution in [3.05, 3.63) is 65.2 Å². The summed E-state index contributed by atoms with van der Waals surface area (Å²) < 4.78 is 0. The lowest BCUT2D eigenvalue weighted by Crippen LogP contribution is -2.39. The highest BCUT2D eigenvalue weighted by Gasteiger charge is 2.20. The highest BCUT2D eigenvalue weighted by molar-refractivity contribution is 5.95. The Morgan fingerprint density at radius 3 is 2.22 bits per heavy atom. The zero-order valence-corrected chi connectivity index (χ0v) is 17.6. The number of rotatable bonds is 8. The van der Waals surface area contributed by atoms with E-state index in [0.717, 1.165) is 18.7 Å². The molecule has 0 aliphatic heterocycles. The van der Waals surface area contributed by atoms with Gasteiger partial charge in [0.05, 0.1) is 6.04 Å². The molecule has 2 aromatic rings. The van der Waals surface area contributed by atoms with Crippen LogP contribution in [0.1, 0.15) is 69.6 Å². The summed E-state index contributed by atoms with van der Waals surface area (Å²) in [5, 5.41) is 3.14. The van der Waals surface area contributed by atoms with E-state index >= 15 is 0 Å². The smallest absolute Gasteiger partial charge is 0.241 e. The first-order valence-electron chi connectivity index (χ1n) is 10.0. The molecule has 0 saturated carbocycles. The van der Waals surface area contributed by atoms with Crippen LogP contribution < -0.4 is 5.32 Å². The monoisotopic (exact) mass is 366 g/mol. The van der Waals surface area contributed by atoms with E-state index in [2.05, 4.69) is 68.2 Å². The van der Waals surface area contributed by atoms with Crippen LogP contribution in [0.25, 0.3) is 0 Å². The van der Waals surface area contributed by atoms with Crippen LogP contribution in [0, 0.1) is 0 Å². The SMILES string of the molecule is CCC(C)c1ccccc1NC(=O)C(C)N(C)Cc1ccc(C(C)C)cc1. The molecule has 3 nitrogen and oxygen atoms in total. The van der Waals surface area contributed by atoms with Crippen molar-refractivity contribution in [1.82, 2.24) is 4.90 Å². The average molecular weight is 367 g/mol. The third-order valence-corrected chi connectivity index (χ3v) is 5.48. The number of carbonyl (C=O) groups is 1. The molecule has 1 N–H and O–H groups in total. The van der Waals surface area contributed by atoms with Gasteiger partial charge < -0.3 is 5.32 Å². The Hall–Kier alpha value is -2.13. The minimum absolute atomic E-state index is 0.0343. The molecular formula is C24H34N2O. The summed E-state index contributed by atoms with van der Waals surface area (Å²) in [6.45, 7) is 11.5. The number of likely N-dealkylation sites (N-methyl/N-ethyl adjacent to an activating group) is 1. The molecule has 0 heterocycles. The van der Waals surface area contributed by atoms with Gasteiger partial charge in [0.25, 0.3) is 0 Å². The molecule has 1 amide bonds. The maximum Gasteiger partial charge on any atom is 0.241 e. The zero-order valence-electron chi connectivity index (χ0n) is 17.6. The van der Waals surface area contributed by atoms with Gasteiger partial charge in [-0.25, -0.2) is 0 Å². The first kappa shape index (κ1) is 21.2. The van der Waals surface area contributed by atoms with Crippen LogP contribution in [0.3, 0.4) is 0 Å². The van der Waals surface area contributed by atoms with Gasteiger partial charge in [0.1, 0.15) is 0 Å². The van der Waals surface area contributed by atoms with Crippen molar-refractivity contribution in [2.24, 2.45) is 0 Å². The quantitative estimate of drug-likeness (QED) is 0.642. The molecule has 0 saturated heterocycles. The predicted molar refractivity (Wildman–Crippen MR) is 115 cm³/mol. The topological polar surface area (TPSA) is 32.3 Å². The van der Waals surface area contributed by atoms with Crippen molar-refractivity contribution in [2.45, 2.75) is 65.5 Å². The minimum atomic E-state index is -0.209. The van der Waals surface area contributed by atoms with Crippen molar-refractivity contribution in [1.29, 1.82) is 0 Å². The molecule has 0 spiro atoms. The lowest BCUT2D eigenvalue weighted by Gasteiger charge is -2.25. The van der Waals surface area contributed by atoms with Gasteiger partial charge in [0, 0.05) is 12.2 Å². The molecule has 0 aromatic heterocycles. The van der Waals surface area contributed by atoms with Gasteiger partial charge in [-0.1, -0.05) is 70.2 Å². The maximum absolute atomic E-state index is 12.8. The molecule has 3 heteroatoms. The van der Waals surface area contributed by atoms with Crippen molar-refractivity contribution < 1.29 is 4.79 Å². The second kappa shape index (κ2) is 9.70. The Morgan fingerprint density at radius 1 is 1.00 bits per heavy atom. The number of para-hydroxylation sites is 1. The van der Waals surface area contributed by atoms with Gasteiger partial charge in [0.15, 0.2) is 0 Å². The highest BCUT2D eigenvalue weighted by Crippen LogP contribution is 2.26. The van der Waals surface area contributed by atoms with Gasteiger partial charge >= 0.3 is 0 Å². The molecule has 0 fully saturated rings. The molecule has 2 rings (SSSR count). The van der Waals surface area contributed by atoms with Gasteiger partial charge in [-0.15, -0.1) is 0 Å². The van der Waals surface area contributed by atoms with E-state index in [1.54, 1.807) is 0 Å². The van der Waals surface area contributed by atoms with Crippen LogP contribution in [0.2, 0.25) is 0 Å². The van der Waals surface area contributed by atoms with Gasteiger partial charge in [0.2, 0.25) is 5.91 Å². The normalized spacial score (nSPS) is 13.6. The van der Waals surface area contributed by atoms with E-state index in [4.69, 9.17) is 0 Å². The van der Waals surface area contributed by atoms with E-state index < -0.39 is 0 Å². The highest BCUT2D eigenvalue weighted by atomic mass is 16.2. The Labute approximate surface area is 164 Å². The molecule has 0 radical (unpaired) electrons. The third kappa shape index (κ3) is 5.67. The third-order valence-electron chi connectivity index (χ3n) is 5.48. The lowest BCUT2D eigenvalue weighted by atomic mass is 9.97. The Kier molecular flexibility index (Phi) is 7.61. The number of benzene rings is 2. The molecule has 2 unspecified atom stereocenters. The number of hydrogen-bond acceptors (Lipinski definition) is 2. The summed E-state index contributed by atoms with van der Waals surface area (Å²) in [7, 11) is 2.00. The first-order chi connectivity index (χ1) is 12.8. The number of carbonyl (C=O) groups excluding carboxylic acids is 1. The van der Waals surface area contributed by atoms with Crippen molar-refractivity contribution >= 4 is 11.6 Å². The van der Waals surface area contributed by atoms with Gasteiger partial charge in [-0.05, 0) is 55.0 Å². The maximum atomic E-state index is 12.8. The molecule has 2 atom stereocenters. The molecule has 0 aliphatic rings. The molecule has 2 aromatic carbocycles. The van der Waals surface area contributed by atoms with E-state index in [-0.39, 0.29) is 11.9 Å². The summed E-state index contributed by atoms with van der Waals surface area (Å²) >= 11 is 0. The molecular weight excluding hydrogens is 332 g/mol. The van der Waals surface area contributed by atoms with Crippen LogP contribution in [0.15, 0.2) is 48.5 Å². The Morgan fingerprint density at radius 2 is 1.63 bits per heavy atom. The lowest BCUT2D eigenvalue weighted by molar-refractivity contribution is -0.120. The number of nitrogens with zero attached hydrogens (tertiary/aromatic N) is 1. The van der Waals surface area contributed by atoms with Crippen molar-refractivity contribution in [2.75, 3.05) is 12.4 Å². The summed E-state index contributed by atoms with van der Waals surface area (Å²) in [5.41, 5.74) is 4.70. The summed E-state index contributed by atoms with van der Waals surface area (Å²) in [6, 6.07) is 16.6. The van der Waals surface area contributed by atoms with Crippen LogP contribution in [-0.4, -0.2) is 23.9 Å². The van der Waals surface area contributed by atoms with E-state index in [1.165, 1.54) is 16.7 Å². The molecule has 146 valence electrons. The summed E-state index contributed by atoms with van der Waals surface area (Å²) in [5.74, 6) is 0.994. The van der Waals surface area contributed by atoms with Crippen LogP contribution in [0.5, 0.6) is 0 Å². The molecule has 0 bridgehead atoms. The largest absolute Gasteiger partial charge is 0.324 e. The molecule has 0 aliphatic carbocycles. The standard InChI is InChI=1S/C24H34N2O/c1-7-18(4)22-10-8-9-11-23(22)25-24(27)19(5)26(6)16-20-12-14-21(15-13-20)17(2)3/h8-15,17-19H,7,16H2,1-6H3,(H,25,27). The number of amides is 1. The van der Waals surface area contributed by atoms with Crippen LogP contribution in [-0.2, 0) is 11.3 Å². The number of anilines is 1. The van der Waals surface area contributed by atoms with Crippen LogP contribution >= 0.6 is 0 Å². The van der Waals surface area contributed by atoms with E-state index in [0.29, 0.717) is 11.8 Å². The molecule has 27 heavy (non-hydrogen) atoms. The fourth-order valence-corrected chi connectivity index (χ4v) is 3.13.